The molecule has 11 heteroatoms. The summed E-state index contributed by atoms with van der Waals surface area (Å²) in [6.07, 6.45) is 1.73. The number of hydrogen-bond donors (Lipinski definition) is 1. The van der Waals surface area contributed by atoms with Gasteiger partial charge in [0, 0.05) is 45.0 Å². The highest BCUT2D eigenvalue weighted by atomic mass is 19.3. The number of likely N-dealkylation sites (tertiary alicyclic amines) is 1. The number of benzene rings is 1. The molecule has 3 aliphatic rings. The second-order valence-electron chi connectivity index (χ2n) is 10.8. The first-order chi connectivity index (χ1) is 19.0. The maximum atomic E-state index is 14.2. The number of halogens is 2. The zero-order valence-electron chi connectivity index (χ0n) is 22.5. The SMILES string of the molecule is Cc1ccc2nc(C(F)F)n(-c3cc(N4CCOCC4)nc(NCC4CCN(C5CCOCC5)CC4)n3)c2c1. The molecular formula is C28H37F2N7O2. The Labute approximate surface area is 227 Å². The second kappa shape index (κ2) is 11.7. The van der Waals surface area contributed by atoms with Gasteiger partial charge in [-0.15, -0.1) is 0 Å². The van der Waals surface area contributed by atoms with Crippen LogP contribution in [0.1, 0.15) is 43.5 Å². The Balaban J connectivity index is 1.25. The normalized spacial score (nSPS) is 20.3. The zero-order chi connectivity index (χ0) is 26.8. The van der Waals surface area contributed by atoms with Gasteiger partial charge in [-0.1, -0.05) is 6.07 Å². The lowest BCUT2D eigenvalue weighted by molar-refractivity contribution is 0.0219. The predicted molar refractivity (Wildman–Crippen MR) is 146 cm³/mol. The fraction of sp³-hybridized carbons (Fsp3) is 0.607. The number of anilines is 2. The molecule has 0 aliphatic carbocycles. The molecule has 3 saturated heterocycles. The monoisotopic (exact) mass is 541 g/mol. The number of nitrogens with one attached hydrogen (secondary N) is 1. The first kappa shape index (κ1) is 26.3. The number of aryl methyl sites for hydroxylation is 1. The van der Waals surface area contributed by atoms with Gasteiger partial charge < -0.3 is 24.6 Å². The molecule has 0 spiro atoms. The summed E-state index contributed by atoms with van der Waals surface area (Å²) in [6, 6.07) is 7.97. The van der Waals surface area contributed by atoms with Crippen LogP contribution in [0.4, 0.5) is 20.5 Å². The summed E-state index contributed by atoms with van der Waals surface area (Å²) in [6.45, 7) is 9.18. The highest BCUT2D eigenvalue weighted by Crippen LogP contribution is 2.30. The lowest BCUT2D eigenvalue weighted by Gasteiger charge is -2.39. The molecule has 0 atom stereocenters. The molecule has 3 aromatic rings. The molecule has 6 rings (SSSR count). The van der Waals surface area contributed by atoms with E-state index in [0.717, 1.165) is 64.1 Å². The van der Waals surface area contributed by atoms with Gasteiger partial charge in [0.1, 0.15) is 11.6 Å². The number of ether oxygens (including phenoxy) is 2. The van der Waals surface area contributed by atoms with Crippen LogP contribution in [0.15, 0.2) is 24.3 Å². The Morgan fingerprint density at radius 1 is 0.897 bits per heavy atom. The second-order valence-corrected chi connectivity index (χ2v) is 10.8. The molecule has 9 nitrogen and oxygen atoms in total. The smallest absolute Gasteiger partial charge is 0.296 e. The molecule has 1 N–H and O–H groups in total. The van der Waals surface area contributed by atoms with Crippen molar-refractivity contribution in [3.05, 3.63) is 35.7 Å². The first-order valence-electron chi connectivity index (χ1n) is 14.1. The third-order valence-corrected chi connectivity index (χ3v) is 8.20. The van der Waals surface area contributed by atoms with E-state index < -0.39 is 6.43 Å². The predicted octanol–water partition coefficient (Wildman–Crippen LogP) is 4.20. The van der Waals surface area contributed by atoms with Gasteiger partial charge in [0.25, 0.3) is 6.43 Å². The maximum Gasteiger partial charge on any atom is 0.296 e. The molecule has 0 bridgehead atoms. The summed E-state index contributed by atoms with van der Waals surface area (Å²) in [4.78, 5) is 18.6. The van der Waals surface area contributed by atoms with E-state index in [0.29, 0.717) is 66.9 Å². The van der Waals surface area contributed by atoms with Crippen molar-refractivity contribution in [3.8, 4) is 5.82 Å². The van der Waals surface area contributed by atoms with Gasteiger partial charge in [-0.3, -0.25) is 4.57 Å². The van der Waals surface area contributed by atoms with E-state index >= 15 is 0 Å². The molecule has 2 aromatic heterocycles. The van der Waals surface area contributed by atoms with E-state index in [4.69, 9.17) is 19.4 Å². The van der Waals surface area contributed by atoms with E-state index in [9.17, 15) is 8.78 Å². The average Bonchev–Trinajstić information content (AvgIpc) is 3.36. The quantitative estimate of drug-likeness (QED) is 0.477. The highest BCUT2D eigenvalue weighted by molar-refractivity contribution is 5.79. The minimum Gasteiger partial charge on any atom is -0.381 e. The van der Waals surface area contributed by atoms with Crippen LogP contribution in [-0.4, -0.2) is 89.6 Å². The number of hydrogen-bond acceptors (Lipinski definition) is 8. The third kappa shape index (κ3) is 5.85. The minimum absolute atomic E-state index is 0.311. The lowest BCUT2D eigenvalue weighted by atomic mass is 9.94. The molecule has 0 radical (unpaired) electrons. The van der Waals surface area contributed by atoms with Gasteiger partial charge in [-0.05, 0) is 69.3 Å². The van der Waals surface area contributed by atoms with Crippen molar-refractivity contribution >= 4 is 22.8 Å². The number of nitrogens with zero attached hydrogens (tertiary/aromatic N) is 6. The standard InChI is InChI=1S/C28H37F2N7O2/c1-19-2-3-22-23(16-19)37(27(32-22)26(29)30)25-17-24(36-10-14-39-15-11-36)33-28(34-25)31-18-20-4-8-35(9-5-20)21-6-12-38-13-7-21/h2-3,16-17,20-21,26H,4-15,18H2,1H3,(H,31,33,34). The Hall–Kier alpha value is -2.89. The van der Waals surface area contributed by atoms with Crippen LogP contribution in [0.3, 0.4) is 0 Å². The van der Waals surface area contributed by atoms with Gasteiger partial charge in [-0.25, -0.2) is 13.8 Å². The third-order valence-electron chi connectivity index (χ3n) is 8.20. The van der Waals surface area contributed by atoms with Crippen LogP contribution in [0.2, 0.25) is 0 Å². The van der Waals surface area contributed by atoms with Crippen LogP contribution in [0, 0.1) is 12.8 Å². The Kier molecular flexibility index (Phi) is 7.90. The van der Waals surface area contributed by atoms with Gasteiger partial charge in [0.2, 0.25) is 5.95 Å². The van der Waals surface area contributed by atoms with E-state index in [-0.39, 0.29) is 5.82 Å². The fourth-order valence-electron chi connectivity index (χ4n) is 5.97. The topological polar surface area (TPSA) is 80.6 Å². The van der Waals surface area contributed by atoms with Crippen molar-refractivity contribution in [3.63, 3.8) is 0 Å². The first-order valence-corrected chi connectivity index (χ1v) is 14.1. The summed E-state index contributed by atoms with van der Waals surface area (Å²) in [5.41, 5.74) is 2.11. The van der Waals surface area contributed by atoms with E-state index in [1.807, 2.05) is 19.1 Å². The molecule has 0 amide bonds. The Bertz CT molecular complexity index is 1270. The Morgan fingerprint density at radius 2 is 1.62 bits per heavy atom. The number of morpholine rings is 1. The van der Waals surface area contributed by atoms with Crippen LogP contribution in [0.5, 0.6) is 0 Å². The number of fused-ring (bicyclic) bond motifs is 1. The van der Waals surface area contributed by atoms with Gasteiger partial charge >= 0.3 is 0 Å². The molecule has 210 valence electrons. The van der Waals surface area contributed by atoms with E-state index in [1.54, 1.807) is 12.1 Å². The summed E-state index contributed by atoms with van der Waals surface area (Å²) in [5.74, 6) is 1.75. The largest absolute Gasteiger partial charge is 0.381 e. The molecular weight excluding hydrogens is 504 g/mol. The minimum atomic E-state index is -2.74. The molecule has 1 aromatic carbocycles. The molecule has 5 heterocycles. The van der Waals surface area contributed by atoms with Crippen molar-refractivity contribution in [1.82, 2.24) is 24.4 Å². The zero-order valence-corrected chi connectivity index (χ0v) is 22.5. The molecule has 3 aliphatic heterocycles. The fourth-order valence-corrected chi connectivity index (χ4v) is 5.97. The summed E-state index contributed by atoms with van der Waals surface area (Å²) in [7, 11) is 0. The maximum absolute atomic E-state index is 14.2. The lowest BCUT2D eigenvalue weighted by Crippen LogP contribution is -2.44. The molecule has 0 unspecified atom stereocenters. The van der Waals surface area contributed by atoms with Crippen LogP contribution < -0.4 is 10.2 Å². The van der Waals surface area contributed by atoms with Crippen LogP contribution in [-0.2, 0) is 9.47 Å². The summed E-state index contributed by atoms with van der Waals surface area (Å²) in [5, 5.41) is 3.46. The van der Waals surface area contributed by atoms with Crippen molar-refractivity contribution in [1.29, 1.82) is 0 Å². The molecule has 39 heavy (non-hydrogen) atoms. The average molecular weight is 542 g/mol. The molecule has 0 saturated carbocycles. The number of rotatable bonds is 7. The number of piperidine rings is 1. The number of aromatic nitrogens is 4. The number of alkyl halides is 2. The van der Waals surface area contributed by atoms with E-state index in [2.05, 4.69) is 20.1 Å². The Morgan fingerprint density at radius 3 is 2.36 bits per heavy atom. The van der Waals surface area contributed by atoms with Gasteiger partial charge in [0.15, 0.2) is 5.82 Å². The van der Waals surface area contributed by atoms with Crippen molar-refractivity contribution in [2.45, 2.75) is 45.1 Å². The summed E-state index contributed by atoms with van der Waals surface area (Å²) < 4.78 is 40.9. The van der Waals surface area contributed by atoms with Crippen molar-refractivity contribution in [2.75, 3.05) is 69.4 Å². The molecule has 3 fully saturated rings. The van der Waals surface area contributed by atoms with Crippen molar-refractivity contribution in [2.24, 2.45) is 5.92 Å². The van der Waals surface area contributed by atoms with Crippen LogP contribution in [0.25, 0.3) is 16.9 Å². The van der Waals surface area contributed by atoms with Gasteiger partial charge in [0.05, 0.1) is 24.2 Å². The van der Waals surface area contributed by atoms with Crippen molar-refractivity contribution < 1.29 is 18.3 Å². The number of imidazole rings is 1. The van der Waals surface area contributed by atoms with E-state index in [1.165, 1.54) is 4.57 Å². The highest BCUT2D eigenvalue weighted by Gasteiger charge is 2.27. The van der Waals surface area contributed by atoms with Gasteiger partial charge in [-0.2, -0.15) is 9.97 Å². The summed E-state index contributed by atoms with van der Waals surface area (Å²) >= 11 is 0. The van der Waals surface area contributed by atoms with Crippen LogP contribution >= 0.6 is 0 Å².